The topological polar surface area (TPSA) is 56.7 Å². The second-order valence-corrected chi connectivity index (χ2v) is 18.9. The van der Waals surface area contributed by atoms with Crippen LogP contribution in [0.25, 0.3) is 147 Å². The van der Waals surface area contributed by atoms with E-state index in [0.717, 1.165) is 70.9 Å². The van der Waals surface area contributed by atoms with E-state index in [1.165, 1.54) is 58.8 Å². The molecule has 0 aliphatic rings. The summed E-state index contributed by atoms with van der Waals surface area (Å²) >= 11 is 1.80. The summed E-state index contributed by atoms with van der Waals surface area (Å²) in [5.41, 5.74) is 9.98. The zero-order chi connectivity index (χ0) is 45.2. The van der Waals surface area contributed by atoms with Crippen molar-refractivity contribution in [2.45, 2.75) is 0 Å². The van der Waals surface area contributed by atoms with Crippen LogP contribution in [0, 0.1) is 0 Å². The number of nitrogens with zero attached hydrogens (tertiary/aromatic N) is 4. The Hall–Kier alpha value is -8.97. The molecule has 15 rings (SSSR count). The van der Waals surface area contributed by atoms with Gasteiger partial charge in [-0.15, -0.1) is 11.3 Å². The Balaban J connectivity index is 0.978. The first kappa shape index (κ1) is 38.2. The van der Waals surface area contributed by atoms with Crippen molar-refractivity contribution < 1.29 is 4.42 Å². The third-order valence-corrected chi connectivity index (χ3v) is 15.3. The van der Waals surface area contributed by atoms with Gasteiger partial charge >= 0.3 is 0 Å². The van der Waals surface area contributed by atoms with Crippen LogP contribution in [0.3, 0.4) is 0 Å². The molecule has 320 valence electrons. The first-order chi connectivity index (χ1) is 34.2. The summed E-state index contributed by atoms with van der Waals surface area (Å²) < 4.78 is 11.6. The van der Waals surface area contributed by atoms with Crippen LogP contribution in [0.1, 0.15) is 0 Å². The third kappa shape index (κ3) is 5.79. The van der Waals surface area contributed by atoms with Gasteiger partial charge in [-0.3, -0.25) is 0 Å². The summed E-state index contributed by atoms with van der Waals surface area (Å²) in [5, 5.41) is 14.2. The van der Waals surface area contributed by atoms with Gasteiger partial charge in [0.05, 0.1) is 27.0 Å². The molecule has 4 aromatic heterocycles. The van der Waals surface area contributed by atoms with E-state index in [1.807, 2.05) is 6.07 Å². The van der Waals surface area contributed by atoms with E-state index in [9.17, 15) is 0 Å². The van der Waals surface area contributed by atoms with Crippen molar-refractivity contribution in [1.82, 2.24) is 19.5 Å². The minimum Gasteiger partial charge on any atom is -0.455 e. The maximum absolute atomic E-state index is 6.78. The highest BCUT2D eigenvalue weighted by molar-refractivity contribution is 7.26. The fraction of sp³-hybridized carbons (Fsp3) is 0. The van der Waals surface area contributed by atoms with Crippen molar-refractivity contribution in [3.05, 3.63) is 218 Å². The molecule has 0 N–H and O–H groups in total. The van der Waals surface area contributed by atoms with Gasteiger partial charge < -0.3 is 8.98 Å². The third-order valence-electron chi connectivity index (χ3n) is 14.0. The molecule has 0 aliphatic heterocycles. The minimum absolute atomic E-state index is 0.554. The van der Waals surface area contributed by atoms with Crippen LogP contribution in [0.5, 0.6) is 0 Å². The van der Waals surface area contributed by atoms with Gasteiger partial charge in [-0.2, -0.15) is 0 Å². The first-order valence-electron chi connectivity index (χ1n) is 23.3. The molecular formula is C63H36N4OS. The number of thiophene rings is 1. The maximum Gasteiger partial charge on any atom is 0.167 e. The predicted molar refractivity (Wildman–Crippen MR) is 289 cm³/mol. The molecule has 4 heterocycles. The van der Waals surface area contributed by atoms with Crippen LogP contribution in [-0.4, -0.2) is 19.5 Å². The van der Waals surface area contributed by atoms with Crippen LogP contribution in [-0.2, 0) is 0 Å². The van der Waals surface area contributed by atoms with Crippen LogP contribution < -0.4 is 0 Å². The molecule has 11 aromatic carbocycles. The molecule has 0 fully saturated rings. The summed E-state index contributed by atoms with van der Waals surface area (Å²) in [6, 6.07) is 77.9. The molecule has 5 nitrogen and oxygen atoms in total. The number of aromatic nitrogens is 4. The summed E-state index contributed by atoms with van der Waals surface area (Å²) in [7, 11) is 0. The standard InChI is InChI=1S/C63H36N4OS/c1-2-14-37(15-3-1)40-20-10-21-43(34-40)61-64-62(49-27-11-24-46-51-35-41-18-4-5-19-42(41)36-55(51)68-58(46)49)66-63(65-61)50-28-12-25-47-48-26-13-29-54(60(48)69-59(47)50)67-52-32-30-38-16-6-8-22-44(38)56(52)57-45-23-9-7-17-39(45)31-33-53(57)67/h1-36H. The van der Waals surface area contributed by atoms with Crippen molar-refractivity contribution in [1.29, 1.82) is 0 Å². The van der Waals surface area contributed by atoms with E-state index in [2.05, 4.69) is 217 Å². The Morgan fingerprint density at radius 3 is 1.62 bits per heavy atom. The molecule has 69 heavy (non-hydrogen) atoms. The van der Waals surface area contributed by atoms with Gasteiger partial charge in [0.2, 0.25) is 0 Å². The van der Waals surface area contributed by atoms with Gasteiger partial charge in [-0.25, -0.2) is 15.0 Å². The van der Waals surface area contributed by atoms with E-state index < -0.39 is 0 Å². The van der Waals surface area contributed by atoms with E-state index in [0.29, 0.717) is 17.5 Å². The van der Waals surface area contributed by atoms with Crippen molar-refractivity contribution in [3.63, 3.8) is 0 Å². The summed E-state index contributed by atoms with van der Waals surface area (Å²) in [4.78, 5) is 16.1. The average Bonchev–Trinajstić information content (AvgIpc) is 4.10. The lowest BCUT2D eigenvalue weighted by atomic mass is 10.00. The van der Waals surface area contributed by atoms with Crippen molar-refractivity contribution in [2.75, 3.05) is 0 Å². The highest BCUT2D eigenvalue weighted by Gasteiger charge is 2.23. The Bertz CT molecular complexity index is 4530. The highest BCUT2D eigenvalue weighted by Crippen LogP contribution is 2.46. The van der Waals surface area contributed by atoms with Gasteiger partial charge in [0.1, 0.15) is 11.2 Å². The molecule has 0 saturated heterocycles. The fourth-order valence-corrected chi connectivity index (χ4v) is 12.2. The van der Waals surface area contributed by atoms with Gasteiger partial charge in [0, 0.05) is 48.1 Å². The number of benzene rings is 11. The second-order valence-electron chi connectivity index (χ2n) is 17.9. The zero-order valence-corrected chi connectivity index (χ0v) is 37.7. The molecule has 0 saturated carbocycles. The van der Waals surface area contributed by atoms with Gasteiger partial charge in [0.25, 0.3) is 0 Å². The molecule has 0 atom stereocenters. The number of para-hydroxylation sites is 1. The van der Waals surface area contributed by atoms with Crippen LogP contribution >= 0.6 is 11.3 Å². The van der Waals surface area contributed by atoms with E-state index in [1.54, 1.807) is 11.3 Å². The van der Waals surface area contributed by atoms with Gasteiger partial charge in [-0.05, 0) is 92.0 Å². The Labute approximate surface area is 398 Å². The molecule has 0 unspecified atom stereocenters. The molecular weight excluding hydrogens is 861 g/mol. The van der Waals surface area contributed by atoms with Crippen LogP contribution in [0.15, 0.2) is 223 Å². The number of hydrogen-bond acceptors (Lipinski definition) is 5. The van der Waals surface area contributed by atoms with Crippen molar-refractivity contribution in [3.8, 4) is 51.0 Å². The molecule has 0 radical (unpaired) electrons. The Morgan fingerprint density at radius 2 is 0.884 bits per heavy atom. The van der Waals surface area contributed by atoms with E-state index in [-0.39, 0.29) is 0 Å². The first-order valence-corrected chi connectivity index (χ1v) is 24.1. The lowest BCUT2D eigenvalue weighted by Crippen LogP contribution is -2.00. The second kappa shape index (κ2) is 14.8. The SMILES string of the molecule is c1ccc(-c2cccc(-c3nc(-c4cccc5c4oc4cc6ccccc6cc45)nc(-c4cccc5c4sc4c(-n6c7ccc8ccccc8c7c7c8ccccc8ccc76)cccc45)n3)c2)cc1. The minimum atomic E-state index is 0.554. The van der Waals surface area contributed by atoms with Crippen molar-refractivity contribution >= 4 is 108 Å². The van der Waals surface area contributed by atoms with Gasteiger partial charge in [-0.1, -0.05) is 170 Å². The average molecular weight is 897 g/mol. The van der Waals surface area contributed by atoms with Crippen LogP contribution in [0.4, 0.5) is 0 Å². The number of rotatable bonds is 5. The predicted octanol–water partition coefficient (Wildman–Crippen LogP) is 17.4. The van der Waals surface area contributed by atoms with Crippen LogP contribution in [0.2, 0.25) is 0 Å². The largest absolute Gasteiger partial charge is 0.455 e. The zero-order valence-electron chi connectivity index (χ0n) is 36.9. The van der Waals surface area contributed by atoms with Crippen molar-refractivity contribution in [2.24, 2.45) is 0 Å². The Kier molecular flexibility index (Phi) is 8.17. The summed E-state index contributed by atoms with van der Waals surface area (Å²) in [5.74, 6) is 1.75. The number of hydrogen-bond donors (Lipinski definition) is 0. The highest BCUT2D eigenvalue weighted by atomic mass is 32.1. The molecule has 0 bridgehead atoms. The van der Waals surface area contributed by atoms with E-state index >= 15 is 0 Å². The Morgan fingerprint density at radius 1 is 0.348 bits per heavy atom. The quantitative estimate of drug-likeness (QED) is 0.173. The fourth-order valence-electron chi connectivity index (χ4n) is 10.8. The molecule has 0 aliphatic carbocycles. The summed E-state index contributed by atoms with van der Waals surface area (Å²) in [6.07, 6.45) is 0. The lowest BCUT2D eigenvalue weighted by molar-refractivity contribution is 0.670. The normalized spacial score (nSPS) is 12.1. The number of fused-ring (bicyclic) bond motifs is 14. The monoisotopic (exact) mass is 896 g/mol. The lowest BCUT2D eigenvalue weighted by Gasteiger charge is -2.10. The maximum atomic E-state index is 6.78. The number of furan rings is 1. The molecule has 0 amide bonds. The van der Waals surface area contributed by atoms with Gasteiger partial charge in [0.15, 0.2) is 17.5 Å². The smallest absolute Gasteiger partial charge is 0.167 e. The summed E-state index contributed by atoms with van der Waals surface area (Å²) in [6.45, 7) is 0. The molecule has 6 heteroatoms. The van der Waals surface area contributed by atoms with E-state index in [4.69, 9.17) is 19.4 Å². The molecule has 15 aromatic rings. The molecule has 0 spiro atoms.